The molecule has 5 heteroatoms. The van der Waals surface area contributed by atoms with Crippen LogP contribution in [0, 0.1) is 0 Å². The fraction of sp³-hybridized carbons (Fsp3) is 0.0370. The highest BCUT2D eigenvalue weighted by Gasteiger charge is 2.17. The van der Waals surface area contributed by atoms with Crippen molar-refractivity contribution in [3.05, 3.63) is 84.9 Å². The van der Waals surface area contributed by atoms with Crippen molar-refractivity contribution in [3.8, 4) is 28.4 Å². The van der Waals surface area contributed by atoms with E-state index in [1.165, 1.54) is 0 Å². The summed E-state index contributed by atoms with van der Waals surface area (Å²) in [6.07, 6.45) is 1.99. The van der Waals surface area contributed by atoms with Crippen LogP contribution in [0.2, 0.25) is 0 Å². The van der Waals surface area contributed by atoms with Gasteiger partial charge in [0.2, 0.25) is 0 Å². The van der Waals surface area contributed by atoms with E-state index in [4.69, 9.17) is 9.40 Å². The van der Waals surface area contributed by atoms with E-state index < -0.39 is 0 Å². The molecule has 0 aliphatic heterocycles. The largest absolute Gasteiger partial charge is 0.507 e. The monoisotopic (exact) mass is 434 g/mol. The van der Waals surface area contributed by atoms with Crippen molar-refractivity contribution in [2.75, 3.05) is 6.26 Å². The van der Waals surface area contributed by atoms with E-state index in [0.717, 1.165) is 49.0 Å². The van der Waals surface area contributed by atoms with Crippen molar-refractivity contribution >= 4 is 44.5 Å². The Hall–Kier alpha value is -3.83. The molecule has 154 valence electrons. The quantitative estimate of drug-likeness (QED) is 0.234. The Morgan fingerprint density at radius 1 is 0.719 bits per heavy atom. The van der Waals surface area contributed by atoms with Gasteiger partial charge in [0.15, 0.2) is 5.82 Å². The highest BCUT2D eigenvalue weighted by atomic mass is 32.2. The molecule has 0 aliphatic carbocycles. The number of hydrogen-bond acceptors (Lipinski definition) is 5. The van der Waals surface area contributed by atoms with E-state index in [-0.39, 0.29) is 5.75 Å². The van der Waals surface area contributed by atoms with E-state index in [0.29, 0.717) is 11.4 Å². The number of phenols is 1. The summed E-state index contributed by atoms with van der Waals surface area (Å²) in [6, 6.07) is 27.7. The summed E-state index contributed by atoms with van der Waals surface area (Å²) in [7, 11) is 0. The van der Waals surface area contributed by atoms with E-state index in [1.807, 2.05) is 54.8 Å². The molecule has 0 radical (unpaired) electrons. The molecule has 4 aromatic carbocycles. The van der Waals surface area contributed by atoms with E-state index in [2.05, 4.69) is 29.2 Å². The maximum Gasteiger partial charge on any atom is 0.164 e. The lowest BCUT2D eigenvalue weighted by molar-refractivity contribution is 0.477. The van der Waals surface area contributed by atoms with Gasteiger partial charge in [-0.1, -0.05) is 54.6 Å². The second-order valence-corrected chi connectivity index (χ2v) is 8.40. The summed E-state index contributed by atoms with van der Waals surface area (Å²) in [5.74, 6) is 0.660. The predicted molar refractivity (Wildman–Crippen MR) is 131 cm³/mol. The maximum absolute atomic E-state index is 10.4. The number of furan rings is 1. The van der Waals surface area contributed by atoms with Gasteiger partial charge < -0.3 is 9.52 Å². The Kier molecular flexibility index (Phi) is 4.37. The molecule has 0 aliphatic rings. The average molecular weight is 435 g/mol. The van der Waals surface area contributed by atoms with Gasteiger partial charge in [-0.2, -0.15) is 0 Å². The zero-order valence-corrected chi connectivity index (χ0v) is 18.1. The Labute approximate surface area is 188 Å². The van der Waals surface area contributed by atoms with Crippen LogP contribution in [-0.4, -0.2) is 21.3 Å². The van der Waals surface area contributed by atoms with Gasteiger partial charge in [0, 0.05) is 16.3 Å². The molecule has 6 aromatic rings. The lowest BCUT2D eigenvalue weighted by atomic mass is 9.97. The molecule has 0 unspecified atom stereocenters. The van der Waals surface area contributed by atoms with Crippen LogP contribution in [0.3, 0.4) is 0 Å². The Balaban J connectivity index is 1.69. The number of aromatic nitrogens is 2. The Morgan fingerprint density at radius 2 is 1.44 bits per heavy atom. The van der Waals surface area contributed by atoms with Gasteiger partial charge in [-0.05, 0) is 47.4 Å². The Bertz CT molecular complexity index is 1640. The fourth-order valence-corrected chi connectivity index (χ4v) is 4.66. The van der Waals surface area contributed by atoms with Crippen LogP contribution in [-0.2, 0) is 0 Å². The van der Waals surface area contributed by atoms with Gasteiger partial charge in [-0.25, -0.2) is 9.97 Å². The van der Waals surface area contributed by atoms with Crippen molar-refractivity contribution in [1.82, 2.24) is 9.97 Å². The summed E-state index contributed by atoms with van der Waals surface area (Å²) in [5.41, 5.74) is 4.07. The summed E-state index contributed by atoms with van der Waals surface area (Å²) in [4.78, 5) is 9.52. The number of hydrogen-bond donors (Lipinski definition) is 1. The second-order valence-electron chi connectivity index (χ2n) is 7.58. The Morgan fingerprint density at radius 3 is 2.25 bits per heavy atom. The van der Waals surface area contributed by atoms with Gasteiger partial charge in [-0.15, -0.1) is 11.8 Å². The van der Waals surface area contributed by atoms with Crippen LogP contribution in [0.4, 0.5) is 0 Å². The fourth-order valence-electron chi connectivity index (χ4n) is 4.25. The van der Waals surface area contributed by atoms with Crippen molar-refractivity contribution in [2.45, 2.75) is 5.03 Å². The number of thioether (sulfide) groups is 1. The molecular weight excluding hydrogens is 416 g/mol. The van der Waals surface area contributed by atoms with Crippen LogP contribution in [0.5, 0.6) is 5.75 Å². The third-order valence-electron chi connectivity index (χ3n) is 5.72. The molecule has 32 heavy (non-hydrogen) atoms. The highest BCUT2D eigenvalue weighted by molar-refractivity contribution is 7.98. The summed E-state index contributed by atoms with van der Waals surface area (Å²) < 4.78 is 6.22. The smallest absolute Gasteiger partial charge is 0.164 e. The van der Waals surface area contributed by atoms with Crippen LogP contribution in [0.1, 0.15) is 0 Å². The number of para-hydroxylation sites is 2. The van der Waals surface area contributed by atoms with Crippen LogP contribution >= 0.6 is 11.8 Å². The number of rotatable bonds is 3. The van der Waals surface area contributed by atoms with Crippen LogP contribution in [0.15, 0.2) is 94.4 Å². The maximum atomic E-state index is 10.4. The first-order valence-corrected chi connectivity index (χ1v) is 11.5. The minimum Gasteiger partial charge on any atom is -0.507 e. The number of fused-ring (bicyclic) bond motifs is 5. The zero-order chi connectivity index (χ0) is 21.7. The predicted octanol–water partition coefficient (Wildman–Crippen LogP) is 7.29. The lowest BCUT2D eigenvalue weighted by Crippen LogP contribution is -1.95. The first kappa shape index (κ1) is 18.9. The number of benzene rings is 4. The van der Waals surface area contributed by atoms with E-state index >= 15 is 0 Å². The summed E-state index contributed by atoms with van der Waals surface area (Å²) in [6.45, 7) is 0. The molecule has 4 nitrogen and oxygen atoms in total. The third kappa shape index (κ3) is 2.93. The van der Waals surface area contributed by atoms with Gasteiger partial charge >= 0.3 is 0 Å². The van der Waals surface area contributed by atoms with Crippen LogP contribution < -0.4 is 0 Å². The van der Waals surface area contributed by atoms with Crippen molar-refractivity contribution in [3.63, 3.8) is 0 Å². The van der Waals surface area contributed by atoms with Gasteiger partial charge in [-0.3, -0.25) is 0 Å². The zero-order valence-electron chi connectivity index (χ0n) is 17.2. The first-order valence-electron chi connectivity index (χ1n) is 10.3. The standard InChI is InChI=1S/C27H18N2O2S/c1-32-25-15-21(28-27(29-25)18-10-4-6-12-22(18)30)20-14-24-26(17-9-3-2-8-16(17)20)19-11-5-7-13-23(19)31-24/h2-15,30H,1H3. The SMILES string of the molecule is CSc1cc(-c2cc3oc4ccccc4c3c3ccccc23)nc(-c2ccccc2O)n1. The highest BCUT2D eigenvalue weighted by Crippen LogP contribution is 2.40. The van der Waals surface area contributed by atoms with E-state index in [9.17, 15) is 5.11 Å². The molecule has 0 saturated carbocycles. The normalized spacial score (nSPS) is 11.5. The van der Waals surface area contributed by atoms with Crippen molar-refractivity contribution < 1.29 is 9.52 Å². The molecule has 0 spiro atoms. The van der Waals surface area contributed by atoms with Gasteiger partial charge in [0.25, 0.3) is 0 Å². The number of phenolic OH excluding ortho intramolecular Hbond substituents is 1. The van der Waals surface area contributed by atoms with Crippen molar-refractivity contribution in [2.24, 2.45) is 0 Å². The number of nitrogens with zero attached hydrogens (tertiary/aromatic N) is 2. The number of aromatic hydroxyl groups is 1. The summed E-state index contributed by atoms with van der Waals surface area (Å²) in [5, 5.41) is 15.7. The minimum absolute atomic E-state index is 0.161. The molecule has 2 heterocycles. The molecule has 0 bridgehead atoms. The molecule has 6 rings (SSSR count). The first-order chi connectivity index (χ1) is 15.7. The average Bonchev–Trinajstić information content (AvgIpc) is 3.22. The molecule has 0 saturated heterocycles. The van der Waals surface area contributed by atoms with Crippen molar-refractivity contribution in [1.29, 1.82) is 0 Å². The topological polar surface area (TPSA) is 59.2 Å². The lowest BCUT2D eigenvalue weighted by Gasteiger charge is -2.11. The summed E-state index contributed by atoms with van der Waals surface area (Å²) >= 11 is 1.55. The molecular formula is C27H18N2O2S. The second kappa shape index (κ2) is 7.39. The molecule has 0 amide bonds. The van der Waals surface area contributed by atoms with Gasteiger partial charge in [0.1, 0.15) is 21.9 Å². The van der Waals surface area contributed by atoms with Crippen LogP contribution in [0.25, 0.3) is 55.4 Å². The molecule has 2 aromatic heterocycles. The molecule has 0 fully saturated rings. The molecule has 1 N–H and O–H groups in total. The third-order valence-corrected chi connectivity index (χ3v) is 6.34. The minimum atomic E-state index is 0.161. The van der Waals surface area contributed by atoms with Gasteiger partial charge in [0.05, 0.1) is 11.3 Å². The van der Waals surface area contributed by atoms with E-state index in [1.54, 1.807) is 23.9 Å². The molecule has 0 atom stereocenters.